The van der Waals surface area contributed by atoms with E-state index in [1.54, 1.807) is 18.3 Å². The van der Waals surface area contributed by atoms with Crippen LogP contribution in [0.2, 0.25) is 0 Å². The molecule has 9 heteroatoms. The summed E-state index contributed by atoms with van der Waals surface area (Å²) in [6.07, 6.45) is 6.41. The summed E-state index contributed by atoms with van der Waals surface area (Å²) < 4.78 is 5.90. The topological polar surface area (TPSA) is 129 Å². The third-order valence-corrected chi connectivity index (χ3v) is 7.12. The Bertz CT molecular complexity index is 1300. The van der Waals surface area contributed by atoms with E-state index in [1.165, 1.54) is 12.3 Å². The van der Waals surface area contributed by atoms with E-state index in [0.717, 1.165) is 55.5 Å². The second kappa shape index (κ2) is 11.1. The van der Waals surface area contributed by atoms with Crippen molar-refractivity contribution >= 4 is 22.5 Å². The molecule has 1 aliphatic heterocycles. The lowest BCUT2D eigenvalue weighted by molar-refractivity contribution is -0.140. The highest BCUT2D eigenvalue weighted by atomic mass is 16.5. The van der Waals surface area contributed by atoms with E-state index in [-0.39, 0.29) is 17.5 Å². The van der Waals surface area contributed by atoms with Crippen LogP contribution in [0.3, 0.4) is 0 Å². The molecule has 0 radical (unpaired) electrons. The number of ether oxygens (including phenoxy) is 1. The van der Waals surface area contributed by atoms with Gasteiger partial charge >= 0.3 is 0 Å². The number of benzene rings is 1. The number of hydrogen-bond acceptors (Lipinski definition) is 8. The number of nitrogens with zero attached hydrogens (tertiary/aromatic N) is 4. The van der Waals surface area contributed by atoms with Gasteiger partial charge in [-0.2, -0.15) is 0 Å². The molecule has 5 rings (SSSR count). The minimum absolute atomic E-state index is 0.112. The Morgan fingerprint density at radius 3 is 2.68 bits per heavy atom. The molecule has 4 N–H and O–H groups in total. The standard InChI is InChI=1S/C28H32N6O3/c29-11-10-24(30)20-5-9-27(31-17-20)37-22-7-8-25-19(16-22)4-6-21(32-25)18-33-12-14-34(15-13-33)28(36)23-2-1-3-26(23)35/h4-11,16-17,23,26,30,35H,1-3,12-15,18,29H2/t23-,26+/m1/s1. The summed E-state index contributed by atoms with van der Waals surface area (Å²) in [6, 6.07) is 13.3. The number of allylic oxidation sites excluding steroid dienone is 1. The van der Waals surface area contributed by atoms with Crippen LogP contribution in [0.15, 0.2) is 60.9 Å². The first-order chi connectivity index (χ1) is 18.0. The van der Waals surface area contributed by atoms with Gasteiger partial charge in [-0.25, -0.2) is 4.98 Å². The van der Waals surface area contributed by atoms with Crippen LogP contribution in [0.25, 0.3) is 10.9 Å². The lowest BCUT2D eigenvalue weighted by Crippen LogP contribution is -2.50. The number of fused-ring (bicyclic) bond motifs is 1. The summed E-state index contributed by atoms with van der Waals surface area (Å²) in [5.74, 6) is 0.997. The Balaban J connectivity index is 1.17. The average molecular weight is 501 g/mol. The summed E-state index contributed by atoms with van der Waals surface area (Å²) in [7, 11) is 0. The van der Waals surface area contributed by atoms with E-state index < -0.39 is 6.10 Å². The second-order valence-corrected chi connectivity index (χ2v) is 9.62. The van der Waals surface area contributed by atoms with Crippen LogP contribution >= 0.6 is 0 Å². The van der Waals surface area contributed by atoms with Crippen LogP contribution in [0.4, 0.5) is 0 Å². The number of aliphatic hydroxyl groups is 1. The van der Waals surface area contributed by atoms with Gasteiger partial charge in [-0.3, -0.25) is 14.7 Å². The number of pyridine rings is 2. The second-order valence-electron chi connectivity index (χ2n) is 9.62. The molecule has 2 aromatic heterocycles. The minimum Gasteiger partial charge on any atom is -0.439 e. The van der Waals surface area contributed by atoms with Gasteiger partial charge in [0, 0.05) is 55.9 Å². The molecule has 2 fully saturated rings. The third-order valence-electron chi connectivity index (χ3n) is 7.12. The maximum atomic E-state index is 12.7. The first kappa shape index (κ1) is 24.9. The van der Waals surface area contributed by atoms with Gasteiger partial charge in [-0.1, -0.05) is 6.07 Å². The fourth-order valence-corrected chi connectivity index (χ4v) is 5.03. The number of carbonyl (C=O) groups excluding carboxylic acids is 1. The van der Waals surface area contributed by atoms with Gasteiger partial charge in [-0.05, 0) is 61.9 Å². The molecule has 9 nitrogen and oxygen atoms in total. The zero-order valence-electron chi connectivity index (χ0n) is 20.7. The van der Waals surface area contributed by atoms with Gasteiger partial charge in [0.2, 0.25) is 11.8 Å². The molecule has 192 valence electrons. The number of amides is 1. The summed E-state index contributed by atoms with van der Waals surface area (Å²) >= 11 is 0. The molecular formula is C28H32N6O3. The molecule has 3 heterocycles. The normalized spacial score (nSPS) is 20.5. The molecule has 1 saturated carbocycles. The van der Waals surface area contributed by atoms with Gasteiger partial charge in [0.25, 0.3) is 0 Å². The maximum Gasteiger partial charge on any atom is 0.228 e. The van der Waals surface area contributed by atoms with E-state index in [9.17, 15) is 9.90 Å². The van der Waals surface area contributed by atoms with Crippen LogP contribution in [-0.2, 0) is 11.3 Å². The predicted molar refractivity (Wildman–Crippen MR) is 141 cm³/mol. The molecule has 2 aliphatic rings. The molecule has 0 bridgehead atoms. The Morgan fingerprint density at radius 1 is 1.14 bits per heavy atom. The molecule has 1 saturated heterocycles. The van der Waals surface area contributed by atoms with Crippen LogP contribution in [0, 0.1) is 11.3 Å². The van der Waals surface area contributed by atoms with Crippen molar-refractivity contribution in [1.82, 2.24) is 19.8 Å². The SMILES string of the molecule is N=C(C=CN)c1ccc(Oc2ccc3nc(CN4CCN(C(=O)[C@@H]5CCC[C@@H]5O)CC4)ccc3c2)nc1. The van der Waals surface area contributed by atoms with Crippen LogP contribution in [0.1, 0.15) is 30.5 Å². The van der Waals surface area contributed by atoms with Crippen molar-refractivity contribution in [3.8, 4) is 11.6 Å². The zero-order valence-corrected chi connectivity index (χ0v) is 20.7. The Labute approximate surface area is 216 Å². The van der Waals surface area contributed by atoms with Crippen molar-refractivity contribution in [2.45, 2.75) is 31.9 Å². The number of aliphatic hydroxyl groups excluding tert-OH is 1. The number of nitrogens with one attached hydrogen (secondary N) is 1. The van der Waals surface area contributed by atoms with Gasteiger partial charge in [0.1, 0.15) is 5.75 Å². The maximum absolute atomic E-state index is 12.7. The third kappa shape index (κ3) is 5.79. The summed E-state index contributed by atoms with van der Waals surface area (Å²) in [5, 5.41) is 18.9. The van der Waals surface area contributed by atoms with Crippen molar-refractivity contribution in [1.29, 1.82) is 5.41 Å². The quantitative estimate of drug-likeness (QED) is 0.425. The monoisotopic (exact) mass is 500 g/mol. The smallest absolute Gasteiger partial charge is 0.228 e. The van der Waals surface area contributed by atoms with Gasteiger partial charge in [0.05, 0.1) is 28.9 Å². The van der Waals surface area contributed by atoms with E-state index in [2.05, 4.69) is 9.88 Å². The van der Waals surface area contributed by atoms with Crippen molar-refractivity contribution in [2.24, 2.45) is 11.7 Å². The Morgan fingerprint density at radius 2 is 1.97 bits per heavy atom. The molecule has 0 spiro atoms. The van der Waals surface area contributed by atoms with Crippen LogP contribution in [0.5, 0.6) is 11.6 Å². The van der Waals surface area contributed by atoms with E-state index in [0.29, 0.717) is 30.3 Å². The largest absolute Gasteiger partial charge is 0.439 e. The minimum atomic E-state index is -0.477. The predicted octanol–water partition coefficient (Wildman–Crippen LogP) is 3.07. The summed E-state index contributed by atoms with van der Waals surface area (Å²) in [5.41, 5.74) is 8.16. The number of carbonyl (C=O) groups is 1. The zero-order chi connectivity index (χ0) is 25.8. The van der Waals surface area contributed by atoms with Gasteiger partial charge in [0.15, 0.2) is 0 Å². The molecule has 1 aromatic carbocycles. The summed E-state index contributed by atoms with van der Waals surface area (Å²) in [6.45, 7) is 3.71. The highest BCUT2D eigenvalue weighted by Crippen LogP contribution is 2.28. The first-order valence-corrected chi connectivity index (χ1v) is 12.7. The lowest BCUT2D eigenvalue weighted by atomic mass is 10.0. The van der Waals surface area contributed by atoms with Gasteiger partial charge < -0.3 is 25.9 Å². The highest BCUT2D eigenvalue weighted by molar-refractivity contribution is 6.06. The Kier molecular flexibility index (Phi) is 7.43. The highest BCUT2D eigenvalue weighted by Gasteiger charge is 2.35. The molecule has 3 aromatic rings. The van der Waals surface area contributed by atoms with E-state index in [1.807, 2.05) is 35.2 Å². The van der Waals surface area contributed by atoms with Crippen LogP contribution in [-0.4, -0.2) is 68.8 Å². The Hall–Kier alpha value is -3.82. The fraction of sp³-hybridized carbons (Fsp3) is 0.357. The van der Waals surface area contributed by atoms with Gasteiger partial charge in [-0.15, -0.1) is 0 Å². The molecule has 2 atom stereocenters. The van der Waals surface area contributed by atoms with Crippen molar-refractivity contribution in [3.63, 3.8) is 0 Å². The first-order valence-electron chi connectivity index (χ1n) is 12.7. The summed E-state index contributed by atoms with van der Waals surface area (Å²) in [4.78, 5) is 26.1. The number of rotatable bonds is 7. The van der Waals surface area contributed by atoms with Crippen molar-refractivity contribution in [2.75, 3.05) is 26.2 Å². The number of nitrogens with two attached hydrogens (primary N) is 1. The van der Waals surface area contributed by atoms with Crippen molar-refractivity contribution < 1.29 is 14.6 Å². The average Bonchev–Trinajstić information content (AvgIpc) is 3.35. The molecule has 1 amide bonds. The number of aromatic nitrogens is 2. The van der Waals surface area contributed by atoms with E-state index >= 15 is 0 Å². The molecule has 37 heavy (non-hydrogen) atoms. The molecular weight excluding hydrogens is 468 g/mol. The fourth-order valence-electron chi connectivity index (χ4n) is 5.03. The van der Waals surface area contributed by atoms with E-state index in [4.69, 9.17) is 20.9 Å². The number of hydrogen-bond donors (Lipinski definition) is 3. The van der Waals surface area contributed by atoms with Crippen LogP contribution < -0.4 is 10.5 Å². The number of piperazine rings is 1. The lowest BCUT2D eigenvalue weighted by Gasteiger charge is -2.36. The van der Waals surface area contributed by atoms with Crippen molar-refractivity contribution in [3.05, 3.63) is 72.2 Å². The molecule has 1 aliphatic carbocycles. The molecule has 0 unspecified atom stereocenters.